The monoisotopic (exact) mass is 422 g/mol. The van der Waals surface area contributed by atoms with Crippen LogP contribution in [-0.2, 0) is 6.54 Å². The fourth-order valence-corrected chi connectivity index (χ4v) is 2.79. The van der Waals surface area contributed by atoms with Gasteiger partial charge < -0.3 is 30.3 Å². The minimum Gasteiger partial charge on any atom is -0.494 e. The maximum absolute atomic E-state index is 12.0. The lowest BCUT2D eigenvalue weighted by Crippen LogP contribution is -2.23. The summed E-state index contributed by atoms with van der Waals surface area (Å²) in [6.45, 7) is 5.31. The Bertz CT molecular complexity index is 1010. The van der Waals surface area contributed by atoms with Crippen LogP contribution in [0.2, 0.25) is 0 Å². The average molecular weight is 422 g/mol. The van der Waals surface area contributed by atoms with E-state index in [0.717, 1.165) is 5.56 Å². The molecule has 0 saturated carbocycles. The number of amides is 1. The third-order valence-corrected chi connectivity index (χ3v) is 4.21. The van der Waals surface area contributed by atoms with E-state index in [-0.39, 0.29) is 17.6 Å². The fourth-order valence-electron chi connectivity index (χ4n) is 2.79. The second-order valence-electron chi connectivity index (χ2n) is 6.48. The van der Waals surface area contributed by atoms with Crippen LogP contribution in [-0.4, -0.2) is 25.1 Å². The molecule has 2 aromatic carbocycles. The molecule has 0 fully saturated rings. The Labute approximate surface area is 181 Å². The molecule has 0 aliphatic rings. The van der Waals surface area contributed by atoms with Crippen molar-refractivity contribution in [2.24, 2.45) is 10.7 Å². The zero-order chi connectivity index (χ0) is 22.1. The van der Waals surface area contributed by atoms with Crippen molar-refractivity contribution in [3.8, 4) is 11.5 Å². The number of rotatable bonds is 9. The fraction of sp³-hybridized carbons (Fsp3) is 0.217. The first-order valence-electron chi connectivity index (χ1n) is 9.99. The molecule has 3 rings (SSSR count). The van der Waals surface area contributed by atoms with Gasteiger partial charge in [-0.2, -0.15) is 0 Å². The number of guanidine groups is 1. The predicted molar refractivity (Wildman–Crippen MR) is 121 cm³/mol. The molecule has 0 aliphatic heterocycles. The van der Waals surface area contributed by atoms with Crippen molar-refractivity contribution in [2.75, 3.05) is 23.8 Å². The summed E-state index contributed by atoms with van der Waals surface area (Å²) in [5.41, 5.74) is 8.35. The van der Waals surface area contributed by atoms with Gasteiger partial charge >= 0.3 is 0 Å². The van der Waals surface area contributed by atoms with Crippen molar-refractivity contribution in [3.63, 3.8) is 0 Å². The van der Waals surface area contributed by atoms with Gasteiger partial charge in [0.2, 0.25) is 0 Å². The highest BCUT2D eigenvalue weighted by Gasteiger charge is 2.09. The lowest BCUT2D eigenvalue weighted by Gasteiger charge is -2.14. The van der Waals surface area contributed by atoms with Crippen LogP contribution < -0.4 is 25.8 Å². The largest absolute Gasteiger partial charge is 0.494 e. The van der Waals surface area contributed by atoms with Crippen LogP contribution in [0.1, 0.15) is 30.0 Å². The number of nitrogens with two attached hydrogens (primary N) is 1. The molecule has 1 amide bonds. The molecule has 0 atom stereocenters. The van der Waals surface area contributed by atoms with Gasteiger partial charge in [0.25, 0.3) is 5.91 Å². The summed E-state index contributed by atoms with van der Waals surface area (Å²) in [5.74, 6) is 1.59. The quantitative estimate of drug-likeness (QED) is 0.351. The van der Waals surface area contributed by atoms with Gasteiger partial charge in [0.15, 0.2) is 11.7 Å². The number of benzene rings is 2. The molecule has 3 aromatic rings. The summed E-state index contributed by atoms with van der Waals surface area (Å²) in [4.78, 5) is 16.4. The molecule has 4 N–H and O–H groups in total. The molecule has 8 heteroatoms. The predicted octanol–water partition coefficient (Wildman–Crippen LogP) is 4.26. The second kappa shape index (κ2) is 10.7. The number of ether oxygens (including phenoxy) is 2. The van der Waals surface area contributed by atoms with Crippen LogP contribution in [0.4, 0.5) is 11.4 Å². The standard InChI is InChI=1S/C23H26N4O4/c1-3-29-18-11-12-20(30-4-2)19(14-18)27-23(24)25-15-16-7-9-17(10-8-16)26-22(28)21-6-5-13-31-21/h5-14H,3-4,15H2,1-2H3,(H,26,28)(H3,24,25,27). The number of carbonyl (C=O) groups excluding carboxylic acids is 1. The minimum atomic E-state index is -0.302. The van der Waals surface area contributed by atoms with E-state index in [9.17, 15) is 4.79 Å². The molecule has 162 valence electrons. The maximum Gasteiger partial charge on any atom is 0.291 e. The van der Waals surface area contributed by atoms with E-state index in [1.54, 1.807) is 24.3 Å². The molecule has 0 radical (unpaired) electrons. The third kappa shape index (κ3) is 6.27. The van der Waals surface area contributed by atoms with E-state index in [4.69, 9.17) is 19.6 Å². The van der Waals surface area contributed by atoms with Crippen molar-refractivity contribution in [3.05, 3.63) is 72.2 Å². The van der Waals surface area contributed by atoms with Gasteiger partial charge in [0.05, 0.1) is 31.7 Å². The first-order chi connectivity index (χ1) is 15.1. The van der Waals surface area contributed by atoms with Crippen LogP contribution >= 0.6 is 0 Å². The summed E-state index contributed by atoms with van der Waals surface area (Å²) in [7, 11) is 0. The maximum atomic E-state index is 12.0. The molecule has 1 aromatic heterocycles. The third-order valence-electron chi connectivity index (χ3n) is 4.21. The van der Waals surface area contributed by atoms with Gasteiger partial charge in [0.1, 0.15) is 11.5 Å². The Kier molecular flexibility index (Phi) is 7.53. The van der Waals surface area contributed by atoms with Gasteiger partial charge in [-0.15, -0.1) is 0 Å². The van der Waals surface area contributed by atoms with Gasteiger partial charge in [-0.1, -0.05) is 12.1 Å². The van der Waals surface area contributed by atoms with Crippen molar-refractivity contribution < 1.29 is 18.7 Å². The van der Waals surface area contributed by atoms with Crippen molar-refractivity contribution in [2.45, 2.75) is 20.4 Å². The minimum absolute atomic E-state index is 0.254. The van der Waals surface area contributed by atoms with Crippen molar-refractivity contribution >= 4 is 23.2 Å². The van der Waals surface area contributed by atoms with Gasteiger partial charge in [-0.25, -0.2) is 4.99 Å². The summed E-state index contributed by atoms with van der Waals surface area (Å²) in [5, 5.41) is 5.84. The first-order valence-corrected chi connectivity index (χ1v) is 9.99. The number of anilines is 2. The van der Waals surface area contributed by atoms with E-state index in [1.807, 2.05) is 44.2 Å². The Balaban J connectivity index is 1.61. The summed E-state index contributed by atoms with van der Waals surface area (Å²) in [6.07, 6.45) is 1.46. The highest BCUT2D eigenvalue weighted by atomic mass is 16.5. The molecule has 0 saturated heterocycles. The molecule has 0 aliphatic carbocycles. The van der Waals surface area contributed by atoms with Gasteiger partial charge in [0, 0.05) is 11.8 Å². The molecular formula is C23H26N4O4. The van der Waals surface area contributed by atoms with E-state index >= 15 is 0 Å². The number of carbonyl (C=O) groups is 1. The Morgan fingerprint density at radius 1 is 1.03 bits per heavy atom. The number of hydrogen-bond acceptors (Lipinski definition) is 5. The smallest absolute Gasteiger partial charge is 0.291 e. The molecule has 0 unspecified atom stereocenters. The normalized spacial score (nSPS) is 11.1. The second-order valence-corrected chi connectivity index (χ2v) is 6.48. The van der Waals surface area contributed by atoms with Crippen molar-refractivity contribution in [1.82, 2.24) is 0 Å². The average Bonchev–Trinajstić information content (AvgIpc) is 3.31. The molecule has 0 bridgehead atoms. The van der Waals surface area contributed by atoms with E-state index in [2.05, 4.69) is 15.6 Å². The van der Waals surface area contributed by atoms with E-state index < -0.39 is 0 Å². The molecule has 1 heterocycles. The van der Waals surface area contributed by atoms with Crippen LogP contribution in [0.25, 0.3) is 0 Å². The van der Waals surface area contributed by atoms with Crippen LogP contribution in [0.3, 0.4) is 0 Å². The SMILES string of the molecule is CCOc1ccc(OCC)c(NC(N)=NCc2ccc(NC(=O)c3ccco3)cc2)c1. The summed E-state index contributed by atoms with van der Waals surface area (Å²) < 4.78 is 16.3. The first kappa shape index (κ1) is 21.8. The Hall–Kier alpha value is -3.94. The molecule has 31 heavy (non-hydrogen) atoms. The molecule has 0 spiro atoms. The van der Waals surface area contributed by atoms with Crippen molar-refractivity contribution in [1.29, 1.82) is 0 Å². The zero-order valence-corrected chi connectivity index (χ0v) is 17.6. The summed E-state index contributed by atoms with van der Waals surface area (Å²) >= 11 is 0. The van der Waals surface area contributed by atoms with Crippen LogP contribution in [0.5, 0.6) is 11.5 Å². The van der Waals surface area contributed by atoms with Gasteiger partial charge in [-0.3, -0.25) is 4.79 Å². The number of nitrogens with one attached hydrogen (secondary N) is 2. The number of nitrogens with zero attached hydrogens (tertiary/aromatic N) is 1. The van der Waals surface area contributed by atoms with E-state index in [1.165, 1.54) is 6.26 Å². The molecular weight excluding hydrogens is 396 g/mol. The highest BCUT2D eigenvalue weighted by Crippen LogP contribution is 2.29. The Morgan fingerprint density at radius 2 is 1.81 bits per heavy atom. The Morgan fingerprint density at radius 3 is 2.48 bits per heavy atom. The van der Waals surface area contributed by atoms with Crippen LogP contribution in [0.15, 0.2) is 70.3 Å². The highest BCUT2D eigenvalue weighted by molar-refractivity contribution is 6.02. The number of furan rings is 1. The lowest BCUT2D eigenvalue weighted by molar-refractivity contribution is 0.0996. The topological polar surface area (TPSA) is 111 Å². The zero-order valence-electron chi connectivity index (χ0n) is 17.6. The summed E-state index contributed by atoms with van der Waals surface area (Å²) in [6, 6.07) is 16.1. The number of hydrogen-bond donors (Lipinski definition) is 3. The lowest BCUT2D eigenvalue weighted by atomic mass is 10.2. The molecule has 8 nitrogen and oxygen atoms in total. The van der Waals surface area contributed by atoms with Crippen LogP contribution in [0, 0.1) is 0 Å². The van der Waals surface area contributed by atoms with E-state index in [0.29, 0.717) is 42.6 Å². The number of aliphatic imine (C=N–C) groups is 1. The van der Waals surface area contributed by atoms with Gasteiger partial charge in [-0.05, 0) is 55.8 Å².